The number of carbonyl (C=O) groups excluding carboxylic acids is 2. The Kier molecular flexibility index (Phi) is 8.15. The molecule has 1 atom stereocenters. The minimum absolute atomic E-state index is 0.204. The summed E-state index contributed by atoms with van der Waals surface area (Å²) in [5.74, 6) is 0.381. The molecule has 0 aromatic heterocycles. The van der Waals surface area contributed by atoms with E-state index >= 15 is 0 Å². The van der Waals surface area contributed by atoms with Gasteiger partial charge in [-0.1, -0.05) is 19.1 Å². The van der Waals surface area contributed by atoms with Crippen LogP contribution < -0.4 is 10.6 Å². The van der Waals surface area contributed by atoms with Crippen LogP contribution in [0.5, 0.6) is 0 Å². The fourth-order valence-electron chi connectivity index (χ4n) is 3.02. The number of rotatable bonds is 7. The van der Waals surface area contributed by atoms with Crippen molar-refractivity contribution in [3.05, 3.63) is 35.9 Å². The Bertz CT molecular complexity index is 613. The van der Waals surface area contributed by atoms with Crippen LogP contribution >= 0.6 is 0 Å². The third-order valence-electron chi connectivity index (χ3n) is 4.32. The zero-order valence-electron chi connectivity index (χ0n) is 15.7. The number of benzene rings is 1. The molecule has 1 fully saturated rings. The molecule has 0 radical (unpaired) electrons. The number of ether oxygens (including phenoxy) is 1. The highest BCUT2D eigenvalue weighted by molar-refractivity contribution is 5.90. The van der Waals surface area contributed by atoms with Crippen LogP contribution in [0.1, 0.15) is 32.3 Å². The molecule has 26 heavy (non-hydrogen) atoms. The Hall–Kier alpha value is -2.34. The van der Waals surface area contributed by atoms with Crippen LogP contribution in [0, 0.1) is 5.92 Å². The second kappa shape index (κ2) is 10.6. The lowest BCUT2D eigenvalue weighted by Gasteiger charge is -2.30. The predicted octanol–water partition coefficient (Wildman–Crippen LogP) is 3.12. The van der Waals surface area contributed by atoms with Crippen LogP contribution in [-0.2, 0) is 9.53 Å². The van der Waals surface area contributed by atoms with E-state index in [0.29, 0.717) is 18.8 Å². The minimum atomic E-state index is -0.364. The quantitative estimate of drug-likeness (QED) is 0.580. The van der Waals surface area contributed by atoms with Gasteiger partial charge in [-0.05, 0) is 56.0 Å². The number of hydrogen-bond acceptors (Lipinski definition) is 4. The first-order valence-electron chi connectivity index (χ1n) is 9.29. The Balaban J connectivity index is 1.70. The molecular weight excluding hydrogens is 330 g/mol. The molecule has 6 heteroatoms. The first-order valence-corrected chi connectivity index (χ1v) is 9.29. The van der Waals surface area contributed by atoms with Crippen LogP contribution in [0.3, 0.4) is 0 Å². The third kappa shape index (κ3) is 7.27. The molecule has 142 valence electrons. The maximum atomic E-state index is 12.0. The molecule has 6 nitrogen and oxygen atoms in total. The molecule has 1 heterocycles. The van der Waals surface area contributed by atoms with Crippen molar-refractivity contribution >= 4 is 23.8 Å². The average Bonchev–Trinajstić information content (AvgIpc) is 2.61. The molecule has 2 rings (SSSR count). The molecule has 0 spiro atoms. The highest BCUT2D eigenvalue weighted by atomic mass is 16.5. The number of amides is 2. The van der Waals surface area contributed by atoms with E-state index in [1.807, 2.05) is 12.1 Å². The zero-order chi connectivity index (χ0) is 18.8. The molecular formula is C20H29N3O3. The van der Waals surface area contributed by atoms with Crippen molar-refractivity contribution in [2.75, 3.05) is 38.1 Å². The maximum Gasteiger partial charge on any atom is 0.330 e. The van der Waals surface area contributed by atoms with E-state index in [4.69, 9.17) is 4.74 Å². The number of nitrogens with zero attached hydrogens (tertiary/aromatic N) is 1. The molecule has 1 aromatic carbocycles. The Morgan fingerprint density at radius 2 is 2.08 bits per heavy atom. The van der Waals surface area contributed by atoms with Gasteiger partial charge in [-0.2, -0.15) is 0 Å². The van der Waals surface area contributed by atoms with E-state index in [1.54, 1.807) is 25.1 Å². The predicted molar refractivity (Wildman–Crippen MR) is 104 cm³/mol. The lowest BCUT2D eigenvalue weighted by molar-refractivity contribution is -0.137. The number of anilines is 1. The standard InChI is InChI=1S/C20H29N3O3/c1-3-26-19(24)11-8-17-6-9-18(10-7-17)22-20(25)21-12-14-23-13-4-5-16(2)15-23/h6-11,16H,3-5,12-15H2,1-2H3,(H2,21,22,25)/b11-8+/t16-/m1/s1. The van der Waals surface area contributed by atoms with Gasteiger partial charge in [0.2, 0.25) is 0 Å². The van der Waals surface area contributed by atoms with Gasteiger partial charge in [0.05, 0.1) is 6.61 Å². The van der Waals surface area contributed by atoms with Gasteiger partial charge in [-0.25, -0.2) is 9.59 Å². The van der Waals surface area contributed by atoms with Gasteiger partial charge in [0.25, 0.3) is 0 Å². The normalized spacial score (nSPS) is 17.8. The van der Waals surface area contributed by atoms with E-state index < -0.39 is 0 Å². The van der Waals surface area contributed by atoms with Crippen molar-refractivity contribution < 1.29 is 14.3 Å². The zero-order valence-corrected chi connectivity index (χ0v) is 15.7. The highest BCUT2D eigenvalue weighted by Crippen LogP contribution is 2.14. The first kappa shape index (κ1) is 20.0. The SMILES string of the molecule is CCOC(=O)/C=C/c1ccc(NC(=O)NCCN2CCC[C@@H](C)C2)cc1. The molecule has 2 amide bonds. The molecule has 2 N–H and O–H groups in total. The first-order chi connectivity index (χ1) is 12.6. The summed E-state index contributed by atoms with van der Waals surface area (Å²) in [5, 5.41) is 5.71. The van der Waals surface area contributed by atoms with E-state index in [2.05, 4.69) is 22.5 Å². The van der Waals surface area contributed by atoms with Gasteiger partial charge < -0.3 is 20.3 Å². The maximum absolute atomic E-state index is 12.0. The fraction of sp³-hybridized carbons (Fsp3) is 0.500. The van der Waals surface area contributed by atoms with E-state index in [-0.39, 0.29) is 12.0 Å². The average molecular weight is 359 g/mol. The van der Waals surface area contributed by atoms with Crippen molar-refractivity contribution in [3.63, 3.8) is 0 Å². The van der Waals surface area contributed by atoms with E-state index in [9.17, 15) is 9.59 Å². The second-order valence-electron chi connectivity index (χ2n) is 6.64. The van der Waals surface area contributed by atoms with Crippen molar-refractivity contribution in [3.8, 4) is 0 Å². The lowest BCUT2D eigenvalue weighted by Crippen LogP contribution is -2.41. The van der Waals surface area contributed by atoms with Crippen LogP contribution in [0.4, 0.5) is 10.5 Å². The van der Waals surface area contributed by atoms with Gasteiger partial charge in [0, 0.05) is 31.4 Å². The van der Waals surface area contributed by atoms with Gasteiger partial charge in [-0.3, -0.25) is 0 Å². The van der Waals surface area contributed by atoms with E-state index in [1.165, 1.54) is 18.9 Å². The number of hydrogen-bond donors (Lipinski definition) is 2. The van der Waals surface area contributed by atoms with Gasteiger partial charge in [0.15, 0.2) is 0 Å². The Morgan fingerprint density at radius 3 is 2.77 bits per heavy atom. The third-order valence-corrected chi connectivity index (χ3v) is 4.32. The van der Waals surface area contributed by atoms with Crippen molar-refractivity contribution in [2.24, 2.45) is 5.92 Å². The number of esters is 1. The van der Waals surface area contributed by atoms with E-state index in [0.717, 1.165) is 31.1 Å². The summed E-state index contributed by atoms with van der Waals surface area (Å²) in [6.45, 7) is 8.16. The van der Waals surface area contributed by atoms with Crippen LogP contribution in [-0.4, -0.2) is 49.7 Å². The number of nitrogens with one attached hydrogen (secondary N) is 2. The Morgan fingerprint density at radius 1 is 1.31 bits per heavy atom. The topological polar surface area (TPSA) is 70.7 Å². The summed E-state index contributed by atoms with van der Waals surface area (Å²) in [6.07, 6.45) is 5.61. The van der Waals surface area contributed by atoms with Crippen molar-refractivity contribution in [1.29, 1.82) is 0 Å². The number of likely N-dealkylation sites (tertiary alicyclic amines) is 1. The highest BCUT2D eigenvalue weighted by Gasteiger charge is 2.15. The summed E-state index contributed by atoms with van der Waals surface area (Å²) in [4.78, 5) is 25.7. The number of piperidine rings is 1. The fourth-order valence-corrected chi connectivity index (χ4v) is 3.02. The summed E-state index contributed by atoms with van der Waals surface area (Å²) in [6, 6.07) is 7.07. The van der Waals surface area contributed by atoms with Crippen LogP contribution in [0.15, 0.2) is 30.3 Å². The molecule has 0 saturated carbocycles. The van der Waals surface area contributed by atoms with Crippen molar-refractivity contribution in [2.45, 2.75) is 26.7 Å². The molecule has 1 saturated heterocycles. The van der Waals surface area contributed by atoms with Crippen LogP contribution in [0.25, 0.3) is 6.08 Å². The molecule has 1 aliphatic heterocycles. The largest absolute Gasteiger partial charge is 0.463 e. The molecule has 0 aliphatic carbocycles. The van der Waals surface area contributed by atoms with Gasteiger partial charge >= 0.3 is 12.0 Å². The van der Waals surface area contributed by atoms with Crippen LogP contribution in [0.2, 0.25) is 0 Å². The summed E-state index contributed by atoms with van der Waals surface area (Å²) in [5.41, 5.74) is 1.57. The minimum Gasteiger partial charge on any atom is -0.463 e. The molecule has 1 aliphatic rings. The van der Waals surface area contributed by atoms with Gasteiger partial charge in [-0.15, -0.1) is 0 Å². The second-order valence-corrected chi connectivity index (χ2v) is 6.64. The number of urea groups is 1. The van der Waals surface area contributed by atoms with Gasteiger partial charge in [0.1, 0.15) is 0 Å². The lowest BCUT2D eigenvalue weighted by atomic mass is 10.0. The number of carbonyl (C=O) groups is 2. The summed E-state index contributed by atoms with van der Waals surface area (Å²) < 4.78 is 4.83. The molecule has 1 aromatic rings. The monoisotopic (exact) mass is 359 g/mol. The van der Waals surface area contributed by atoms with Crippen molar-refractivity contribution in [1.82, 2.24) is 10.2 Å². The Labute approximate surface area is 155 Å². The molecule has 0 unspecified atom stereocenters. The smallest absolute Gasteiger partial charge is 0.330 e. The molecule has 0 bridgehead atoms. The summed E-state index contributed by atoms with van der Waals surface area (Å²) in [7, 11) is 0. The summed E-state index contributed by atoms with van der Waals surface area (Å²) >= 11 is 0.